The predicted molar refractivity (Wildman–Crippen MR) is 87.3 cm³/mol. The summed E-state index contributed by atoms with van der Waals surface area (Å²) in [6.07, 6.45) is 3.66. The Morgan fingerprint density at radius 2 is 1.85 bits per heavy atom. The molecule has 0 aliphatic rings. The fourth-order valence-corrected chi connectivity index (χ4v) is 2.68. The van der Waals surface area contributed by atoms with E-state index in [2.05, 4.69) is 58.1 Å². The van der Waals surface area contributed by atoms with Gasteiger partial charge in [0.2, 0.25) is 0 Å². The molecule has 1 aromatic carbocycles. The van der Waals surface area contributed by atoms with Gasteiger partial charge < -0.3 is 10.1 Å². The van der Waals surface area contributed by atoms with Gasteiger partial charge in [-0.15, -0.1) is 0 Å². The molecule has 114 valence electrons. The van der Waals surface area contributed by atoms with Crippen molar-refractivity contribution in [2.24, 2.45) is 0 Å². The zero-order valence-corrected chi connectivity index (χ0v) is 13.8. The average Bonchev–Trinajstić information content (AvgIpc) is 2.43. The van der Waals surface area contributed by atoms with Crippen molar-refractivity contribution in [2.75, 3.05) is 13.2 Å². The average molecular weight is 277 g/mol. The highest BCUT2D eigenvalue weighted by Gasteiger charge is 2.23. The summed E-state index contributed by atoms with van der Waals surface area (Å²) in [5.74, 6) is 0. The summed E-state index contributed by atoms with van der Waals surface area (Å²) >= 11 is 0. The van der Waals surface area contributed by atoms with Crippen LogP contribution in [0.5, 0.6) is 0 Å². The van der Waals surface area contributed by atoms with Crippen LogP contribution in [0.15, 0.2) is 18.2 Å². The normalized spacial score (nSPS) is 14.2. The number of ether oxygens (including phenoxy) is 1. The van der Waals surface area contributed by atoms with Crippen LogP contribution in [-0.2, 0) is 4.74 Å². The highest BCUT2D eigenvalue weighted by Crippen LogP contribution is 2.26. The molecule has 1 N–H and O–H groups in total. The highest BCUT2D eigenvalue weighted by molar-refractivity contribution is 5.33. The largest absolute Gasteiger partial charge is 0.377 e. The lowest BCUT2D eigenvalue weighted by atomic mass is 9.93. The third-order valence-electron chi connectivity index (χ3n) is 3.71. The van der Waals surface area contributed by atoms with Crippen LogP contribution in [0.3, 0.4) is 0 Å². The van der Waals surface area contributed by atoms with E-state index in [1.54, 1.807) is 0 Å². The Bertz CT molecular complexity index is 383. The molecule has 0 heterocycles. The Balaban J connectivity index is 3.04. The molecule has 0 aromatic heterocycles. The second kappa shape index (κ2) is 9.15. The first-order valence-corrected chi connectivity index (χ1v) is 8.06. The van der Waals surface area contributed by atoms with Crippen LogP contribution < -0.4 is 5.32 Å². The van der Waals surface area contributed by atoms with Gasteiger partial charge in [0.05, 0.1) is 12.1 Å². The molecular formula is C18H31NO. The number of nitrogens with one attached hydrogen (secondary N) is 1. The van der Waals surface area contributed by atoms with Gasteiger partial charge in [0.15, 0.2) is 0 Å². The lowest BCUT2D eigenvalue weighted by molar-refractivity contribution is 0.0274. The molecule has 2 atom stereocenters. The molecule has 0 aliphatic carbocycles. The van der Waals surface area contributed by atoms with E-state index < -0.39 is 0 Å². The van der Waals surface area contributed by atoms with Gasteiger partial charge in [-0.3, -0.25) is 0 Å². The number of hydrogen-bond acceptors (Lipinski definition) is 2. The fraction of sp³-hybridized carbons (Fsp3) is 0.667. The van der Waals surface area contributed by atoms with Crippen LogP contribution in [0, 0.1) is 13.8 Å². The van der Waals surface area contributed by atoms with Gasteiger partial charge in [-0.2, -0.15) is 0 Å². The van der Waals surface area contributed by atoms with Gasteiger partial charge in [-0.05, 0) is 51.3 Å². The minimum absolute atomic E-state index is 0.261. The van der Waals surface area contributed by atoms with Crippen LogP contribution in [0.4, 0.5) is 0 Å². The van der Waals surface area contributed by atoms with E-state index in [9.17, 15) is 0 Å². The van der Waals surface area contributed by atoms with Crippen molar-refractivity contribution < 1.29 is 4.74 Å². The predicted octanol–water partition coefficient (Wildman–Crippen LogP) is 4.55. The molecule has 0 radical (unpaired) electrons. The van der Waals surface area contributed by atoms with Gasteiger partial charge in [0.25, 0.3) is 0 Å². The third-order valence-corrected chi connectivity index (χ3v) is 3.71. The molecule has 0 saturated carbocycles. The Morgan fingerprint density at radius 3 is 2.45 bits per heavy atom. The van der Waals surface area contributed by atoms with Crippen LogP contribution in [-0.4, -0.2) is 19.3 Å². The Morgan fingerprint density at radius 1 is 1.10 bits per heavy atom. The van der Waals surface area contributed by atoms with Gasteiger partial charge in [-0.25, -0.2) is 0 Å². The lowest BCUT2D eigenvalue weighted by Gasteiger charge is -2.29. The second-order valence-corrected chi connectivity index (χ2v) is 5.57. The zero-order valence-electron chi connectivity index (χ0n) is 13.8. The molecule has 0 aliphatic heterocycles. The van der Waals surface area contributed by atoms with E-state index in [-0.39, 0.29) is 6.10 Å². The summed E-state index contributed by atoms with van der Waals surface area (Å²) < 4.78 is 6.03. The maximum Gasteiger partial charge on any atom is 0.0769 e. The van der Waals surface area contributed by atoms with E-state index in [0.717, 1.165) is 32.4 Å². The maximum atomic E-state index is 6.03. The summed E-state index contributed by atoms with van der Waals surface area (Å²) in [6.45, 7) is 12.7. The SMILES string of the molecule is CCCNC(c1cc(C)ccc1C)C(CCC)OCC. The Labute approximate surface area is 124 Å². The van der Waals surface area contributed by atoms with E-state index in [1.807, 2.05) is 0 Å². The maximum absolute atomic E-state index is 6.03. The summed E-state index contributed by atoms with van der Waals surface area (Å²) in [4.78, 5) is 0. The van der Waals surface area contributed by atoms with Crippen molar-refractivity contribution in [3.05, 3.63) is 34.9 Å². The monoisotopic (exact) mass is 277 g/mol. The molecule has 0 amide bonds. The van der Waals surface area contributed by atoms with Crippen molar-refractivity contribution >= 4 is 0 Å². The molecule has 2 unspecified atom stereocenters. The molecule has 2 nitrogen and oxygen atoms in total. The molecule has 0 fully saturated rings. The first kappa shape index (κ1) is 17.2. The summed E-state index contributed by atoms with van der Waals surface area (Å²) in [5, 5.41) is 3.70. The van der Waals surface area contributed by atoms with Gasteiger partial charge in [-0.1, -0.05) is 44.0 Å². The number of aryl methyl sites for hydroxylation is 2. The minimum atomic E-state index is 0.261. The summed E-state index contributed by atoms with van der Waals surface area (Å²) in [5.41, 5.74) is 4.07. The summed E-state index contributed by atoms with van der Waals surface area (Å²) in [6, 6.07) is 7.02. The van der Waals surface area contributed by atoms with Crippen LogP contribution >= 0.6 is 0 Å². The Kier molecular flexibility index (Phi) is 7.86. The first-order chi connectivity index (χ1) is 9.63. The molecule has 0 saturated heterocycles. The van der Waals surface area contributed by atoms with E-state index in [0.29, 0.717) is 6.04 Å². The molecule has 0 spiro atoms. The van der Waals surface area contributed by atoms with Gasteiger partial charge in [0, 0.05) is 6.61 Å². The zero-order chi connectivity index (χ0) is 15.0. The molecule has 1 rings (SSSR count). The molecule has 1 aromatic rings. The van der Waals surface area contributed by atoms with E-state index in [1.165, 1.54) is 16.7 Å². The van der Waals surface area contributed by atoms with Crippen LogP contribution in [0.25, 0.3) is 0 Å². The smallest absolute Gasteiger partial charge is 0.0769 e. The number of hydrogen-bond donors (Lipinski definition) is 1. The van der Waals surface area contributed by atoms with Gasteiger partial charge in [0.1, 0.15) is 0 Å². The first-order valence-electron chi connectivity index (χ1n) is 8.06. The molecule has 20 heavy (non-hydrogen) atoms. The van der Waals surface area contributed by atoms with E-state index >= 15 is 0 Å². The highest BCUT2D eigenvalue weighted by atomic mass is 16.5. The third kappa shape index (κ3) is 4.92. The molecule has 0 bridgehead atoms. The van der Waals surface area contributed by atoms with Crippen molar-refractivity contribution in [3.8, 4) is 0 Å². The van der Waals surface area contributed by atoms with Crippen LogP contribution in [0.2, 0.25) is 0 Å². The fourth-order valence-electron chi connectivity index (χ4n) is 2.68. The quantitative estimate of drug-likeness (QED) is 0.715. The van der Waals surface area contributed by atoms with E-state index in [4.69, 9.17) is 4.74 Å². The summed E-state index contributed by atoms with van der Waals surface area (Å²) in [7, 11) is 0. The van der Waals surface area contributed by atoms with Gasteiger partial charge >= 0.3 is 0 Å². The Hall–Kier alpha value is -0.860. The van der Waals surface area contributed by atoms with Crippen molar-refractivity contribution in [2.45, 2.75) is 66.0 Å². The van der Waals surface area contributed by atoms with Crippen molar-refractivity contribution in [1.29, 1.82) is 0 Å². The minimum Gasteiger partial charge on any atom is -0.377 e. The number of benzene rings is 1. The topological polar surface area (TPSA) is 21.3 Å². The molecule has 2 heteroatoms. The standard InChI is InChI=1S/C18H31NO/c1-6-9-17(20-8-3)18(19-12-7-2)16-13-14(4)10-11-15(16)5/h10-11,13,17-19H,6-9,12H2,1-5H3. The molecular weight excluding hydrogens is 246 g/mol. The van der Waals surface area contributed by atoms with Crippen LogP contribution in [0.1, 0.15) is 62.8 Å². The van der Waals surface area contributed by atoms with Crippen molar-refractivity contribution in [1.82, 2.24) is 5.32 Å². The second-order valence-electron chi connectivity index (χ2n) is 5.57. The lowest BCUT2D eigenvalue weighted by Crippen LogP contribution is -2.35. The number of rotatable bonds is 9. The van der Waals surface area contributed by atoms with Crippen molar-refractivity contribution in [3.63, 3.8) is 0 Å².